The van der Waals surface area contributed by atoms with Gasteiger partial charge in [-0.15, -0.1) is 5.10 Å². The highest BCUT2D eigenvalue weighted by Crippen LogP contribution is 2.34. The first kappa shape index (κ1) is 17.7. The van der Waals surface area contributed by atoms with Gasteiger partial charge in [-0.1, -0.05) is 46.7 Å². The summed E-state index contributed by atoms with van der Waals surface area (Å²) in [6.07, 6.45) is 2.11. The van der Waals surface area contributed by atoms with E-state index in [1.54, 1.807) is 34.2 Å². The first-order valence-electron chi connectivity index (χ1n) is 8.82. The molecule has 0 saturated carbocycles. The van der Waals surface area contributed by atoms with Gasteiger partial charge < -0.3 is 5.32 Å². The van der Waals surface area contributed by atoms with Crippen LogP contribution in [0.3, 0.4) is 0 Å². The van der Waals surface area contributed by atoms with Crippen LogP contribution < -0.4 is 5.32 Å². The summed E-state index contributed by atoms with van der Waals surface area (Å²) in [5, 5.41) is 9.72. The fourth-order valence-corrected chi connectivity index (χ4v) is 4.95. The van der Waals surface area contributed by atoms with Crippen molar-refractivity contribution >= 4 is 62.0 Å². The minimum atomic E-state index is 0.0873. The van der Waals surface area contributed by atoms with Crippen LogP contribution in [-0.4, -0.2) is 20.5 Å². The van der Waals surface area contributed by atoms with Crippen LogP contribution in [0.1, 0.15) is 28.9 Å². The van der Waals surface area contributed by atoms with Crippen molar-refractivity contribution in [3.63, 3.8) is 0 Å². The second kappa shape index (κ2) is 6.88. The topological polar surface area (TPSA) is 59.8 Å². The quantitative estimate of drug-likeness (QED) is 0.431. The van der Waals surface area contributed by atoms with Gasteiger partial charge in [0.05, 0.1) is 21.5 Å². The van der Waals surface area contributed by atoms with E-state index in [9.17, 15) is 4.79 Å². The van der Waals surface area contributed by atoms with Gasteiger partial charge in [0.1, 0.15) is 0 Å². The van der Waals surface area contributed by atoms with Crippen LogP contribution >= 0.6 is 34.5 Å². The van der Waals surface area contributed by atoms with E-state index in [4.69, 9.17) is 33.3 Å². The van der Waals surface area contributed by atoms with Crippen molar-refractivity contribution in [2.75, 3.05) is 5.32 Å². The molecule has 140 valence electrons. The van der Waals surface area contributed by atoms with E-state index in [-0.39, 0.29) is 5.78 Å². The second-order valence-electron chi connectivity index (χ2n) is 6.61. The first-order valence-corrected chi connectivity index (χ1v) is 10.4. The Labute approximate surface area is 174 Å². The number of nitrogens with zero attached hydrogens (tertiary/aromatic N) is 3. The molecule has 0 saturated heterocycles. The number of fused-ring (bicyclic) bond motifs is 2. The third-order valence-corrected chi connectivity index (χ3v) is 6.11. The molecule has 0 aliphatic heterocycles. The maximum atomic E-state index is 12.7. The molecule has 1 N–H and O–H groups in total. The van der Waals surface area contributed by atoms with E-state index in [1.165, 1.54) is 0 Å². The highest BCUT2D eigenvalue weighted by Gasteiger charge is 2.28. The molecule has 1 aliphatic carbocycles. The zero-order valence-corrected chi connectivity index (χ0v) is 16.9. The molecule has 5 rings (SSSR count). The van der Waals surface area contributed by atoms with E-state index in [1.807, 2.05) is 24.3 Å². The van der Waals surface area contributed by atoms with Gasteiger partial charge in [-0.25, -0.2) is 9.67 Å². The van der Waals surface area contributed by atoms with Crippen molar-refractivity contribution < 1.29 is 4.79 Å². The van der Waals surface area contributed by atoms with Crippen molar-refractivity contribution in [2.24, 2.45) is 0 Å². The number of carbonyl (C=O) groups excluding carboxylic acids is 1. The number of halogens is 2. The maximum absolute atomic E-state index is 12.7. The SMILES string of the molecule is O=C1CCCc2c1c(Nc1cc(Cl)cc(Cl)c1)nn2-c1nc2ccccc2s1. The fraction of sp³-hybridized carbons (Fsp3) is 0.150. The average Bonchev–Trinajstić information content (AvgIpc) is 3.23. The van der Waals surface area contributed by atoms with Crippen LogP contribution in [0.15, 0.2) is 42.5 Å². The molecule has 5 nitrogen and oxygen atoms in total. The first-order chi connectivity index (χ1) is 13.6. The number of hydrogen-bond acceptors (Lipinski definition) is 5. The van der Waals surface area contributed by atoms with E-state index in [0.29, 0.717) is 33.5 Å². The summed E-state index contributed by atoms with van der Waals surface area (Å²) in [7, 11) is 0. The lowest BCUT2D eigenvalue weighted by Gasteiger charge is -2.12. The zero-order valence-electron chi connectivity index (χ0n) is 14.6. The van der Waals surface area contributed by atoms with E-state index < -0.39 is 0 Å². The van der Waals surface area contributed by atoms with Gasteiger partial charge in [-0.2, -0.15) is 0 Å². The molecule has 28 heavy (non-hydrogen) atoms. The number of para-hydroxylation sites is 1. The minimum absolute atomic E-state index is 0.0873. The summed E-state index contributed by atoms with van der Waals surface area (Å²) in [5.41, 5.74) is 3.13. The van der Waals surface area contributed by atoms with Gasteiger partial charge in [-0.05, 0) is 43.2 Å². The molecule has 0 unspecified atom stereocenters. The van der Waals surface area contributed by atoms with E-state index >= 15 is 0 Å². The second-order valence-corrected chi connectivity index (χ2v) is 8.49. The van der Waals surface area contributed by atoms with Gasteiger partial charge in [0, 0.05) is 22.2 Å². The normalized spacial score (nSPS) is 13.7. The van der Waals surface area contributed by atoms with Crippen LogP contribution in [0, 0.1) is 0 Å². The Morgan fingerprint density at radius 2 is 1.86 bits per heavy atom. The molecule has 0 bridgehead atoms. The largest absolute Gasteiger partial charge is 0.338 e. The van der Waals surface area contributed by atoms with Gasteiger partial charge in [0.2, 0.25) is 5.13 Å². The number of rotatable bonds is 3. The lowest BCUT2D eigenvalue weighted by molar-refractivity contribution is 0.0973. The Morgan fingerprint density at radius 3 is 2.64 bits per heavy atom. The van der Waals surface area contributed by atoms with Crippen molar-refractivity contribution in [3.8, 4) is 5.13 Å². The number of Topliss-reactive ketones (excluding diaryl/α,β-unsaturated/α-hetero) is 1. The van der Waals surface area contributed by atoms with Gasteiger partial charge in [0.25, 0.3) is 0 Å². The Hall–Kier alpha value is -2.41. The van der Waals surface area contributed by atoms with Crippen molar-refractivity contribution in [3.05, 3.63) is 63.8 Å². The van der Waals surface area contributed by atoms with Gasteiger partial charge >= 0.3 is 0 Å². The molecule has 0 amide bonds. The Bertz CT molecular complexity index is 1180. The Kier molecular flexibility index (Phi) is 4.34. The molecule has 0 atom stereocenters. The molecule has 2 heterocycles. The number of anilines is 2. The summed E-state index contributed by atoms with van der Waals surface area (Å²) < 4.78 is 2.88. The van der Waals surface area contributed by atoms with Crippen molar-refractivity contribution in [2.45, 2.75) is 19.3 Å². The molecule has 2 aromatic heterocycles. The molecule has 0 spiro atoms. The predicted octanol–water partition coefficient (Wildman–Crippen LogP) is 6.05. The number of aromatic nitrogens is 3. The highest BCUT2D eigenvalue weighted by atomic mass is 35.5. The summed E-state index contributed by atoms with van der Waals surface area (Å²) in [6.45, 7) is 0. The van der Waals surface area contributed by atoms with E-state index in [0.717, 1.165) is 33.9 Å². The molecule has 4 aromatic rings. The molecule has 8 heteroatoms. The van der Waals surface area contributed by atoms with Crippen LogP contribution in [-0.2, 0) is 6.42 Å². The molecular formula is C20H14Cl2N4OS. The summed E-state index contributed by atoms with van der Waals surface area (Å²) in [5.74, 6) is 0.599. The smallest absolute Gasteiger partial charge is 0.211 e. The fourth-order valence-electron chi connectivity index (χ4n) is 3.48. The summed E-state index contributed by atoms with van der Waals surface area (Å²) in [4.78, 5) is 17.4. The number of hydrogen-bond donors (Lipinski definition) is 1. The third-order valence-electron chi connectivity index (χ3n) is 4.67. The molecular weight excluding hydrogens is 415 g/mol. The van der Waals surface area contributed by atoms with Crippen LogP contribution in [0.2, 0.25) is 10.0 Å². The average molecular weight is 429 g/mol. The number of benzene rings is 2. The molecule has 0 radical (unpaired) electrons. The Balaban J connectivity index is 1.64. The van der Waals surface area contributed by atoms with Crippen LogP contribution in [0.25, 0.3) is 15.3 Å². The van der Waals surface area contributed by atoms with Gasteiger partial charge in [-0.3, -0.25) is 4.79 Å². The standard InChI is InChI=1S/C20H14Cl2N4OS/c21-11-8-12(22)10-13(9-11)23-19-18-15(5-3-6-16(18)27)26(25-19)20-24-14-4-1-2-7-17(14)28-20/h1-2,4,7-10H,3,5-6H2,(H,23,25). The maximum Gasteiger partial charge on any atom is 0.211 e. The zero-order chi connectivity index (χ0) is 19.3. The van der Waals surface area contributed by atoms with E-state index in [2.05, 4.69) is 5.32 Å². The van der Waals surface area contributed by atoms with Crippen LogP contribution in [0.5, 0.6) is 0 Å². The molecule has 1 aliphatic rings. The lowest BCUT2D eigenvalue weighted by Crippen LogP contribution is -2.13. The monoisotopic (exact) mass is 428 g/mol. The summed E-state index contributed by atoms with van der Waals surface area (Å²) in [6, 6.07) is 13.1. The lowest BCUT2D eigenvalue weighted by atomic mass is 9.96. The van der Waals surface area contributed by atoms with Crippen LogP contribution in [0.4, 0.5) is 11.5 Å². The Morgan fingerprint density at radius 1 is 1.07 bits per heavy atom. The minimum Gasteiger partial charge on any atom is -0.338 e. The molecule has 0 fully saturated rings. The summed E-state index contributed by atoms with van der Waals surface area (Å²) >= 11 is 13.8. The van der Waals surface area contributed by atoms with Gasteiger partial charge in [0.15, 0.2) is 11.6 Å². The number of ketones is 1. The number of nitrogens with one attached hydrogen (secondary N) is 1. The number of carbonyl (C=O) groups is 1. The predicted molar refractivity (Wildman–Crippen MR) is 114 cm³/mol. The molecule has 2 aromatic carbocycles. The number of thiazole rings is 1. The van der Waals surface area contributed by atoms with Crippen molar-refractivity contribution in [1.29, 1.82) is 0 Å². The highest BCUT2D eigenvalue weighted by molar-refractivity contribution is 7.20. The van der Waals surface area contributed by atoms with Crippen molar-refractivity contribution in [1.82, 2.24) is 14.8 Å². The third kappa shape index (κ3) is 3.07.